The van der Waals surface area contributed by atoms with E-state index in [1.807, 2.05) is 0 Å². The predicted molar refractivity (Wildman–Crippen MR) is 158 cm³/mol. The summed E-state index contributed by atoms with van der Waals surface area (Å²) in [6.45, 7) is 0. The van der Waals surface area contributed by atoms with Crippen molar-refractivity contribution in [3.63, 3.8) is 0 Å². The second kappa shape index (κ2) is 12.0. The molecule has 0 amide bonds. The van der Waals surface area contributed by atoms with Crippen LogP contribution in [0.5, 0.6) is 0 Å². The van der Waals surface area contributed by atoms with Gasteiger partial charge >= 0.3 is 231 Å². The normalized spacial score (nSPS) is 18.6. The molecule has 0 unspecified atom stereocenters. The van der Waals surface area contributed by atoms with Gasteiger partial charge in [-0.3, -0.25) is 0 Å². The van der Waals surface area contributed by atoms with E-state index in [1.165, 1.54) is 21.2 Å². The molecule has 0 aromatic heterocycles. The van der Waals surface area contributed by atoms with E-state index in [2.05, 4.69) is 152 Å². The Labute approximate surface area is 230 Å². The summed E-state index contributed by atoms with van der Waals surface area (Å²) in [7, 11) is 0. The molecule has 6 heteroatoms. The third-order valence-corrected chi connectivity index (χ3v) is 18.1. The molecule has 0 N–H and O–H groups in total. The molecule has 1 aliphatic carbocycles. The van der Waals surface area contributed by atoms with Crippen molar-refractivity contribution in [1.82, 2.24) is 0 Å². The Hall–Kier alpha value is -1.30. The minimum atomic E-state index is -2.06. The SMILES string of the molecule is [Se]=P(OC1CCC(OP(=[Se])(c2ccccc2)c2ccccc2)CC1)(c1ccccc1)c1ccccc1. The van der Waals surface area contributed by atoms with Crippen LogP contribution in [0, 0.1) is 0 Å². The van der Waals surface area contributed by atoms with Crippen LogP contribution in [0.4, 0.5) is 0 Å². The van der Waals surface area contributed by atoms with Gasteiger partial charge < -0.3 is 0 Å². The fraction of sp³-hybridized carbons (Fsp3) is 0.200. The molecule has 5 rings (SSSR count). The van der Waals surface area contributed by atoms with E-state index in [4.69, 9.17) is 9.05 Å². The standard InChI is InChI=1S/C30H30O2P2Se2/c35-33(27-13-5-1-6-14-27,28-15-7-2-8-16-28)31-25-21-23-26(24-22-25)32-34(36,29-17-9-3-10-18-29)30-19-11-4-12-20-30/h1-20,25-26H,21-24H2. The van der Waals surface area contributed by atoms with Crippen LogP contribution >= 0.6 is 11.5 Å². The fourth-order valence-electron chi connectivity index (χ4n) is 4.70. The number of benzene rings is 4. The monoisotopic (exact) mass is 644 g/mol. The molecule has 4 aromatic rings. The molecule has 0 spiro atoms. The Kier molecular flexibility index (Phi) is 8.80. The molecule has 1 aliphatic rings. The fourth-order valence-corrected chi connectivity index (χ4v) is 13.9. The first kappa shape index (κ1) is 26.3. The van der Waals surface area contributed by atoms with E-state index < -0.39 is 11.5 Å². The van der Waals surface area contributed by atoms with E-state index >= 15 is 0 Å². The Morgan fingerprint density at radius 2 is 0.639 bits per heavy atom. The van der Waals surface area contributed by atoms with E-state index in [-0.39, 0.29) is 12.2 Å². The van der Waals surface area contributed by atoms with Gasteiger partial charge in [-0.05, 0) is 0 Å². The van der Waals surface area contributed by atoms with Crippen molar-refractivity contribution in [3.8, 4) is 0 Å². The average molecular weight is 642 g/mol. The first-order chi connectivity index (χ1) is 17.6. The zero-order chi connectivity index (χ0) is 24.8. The van der Waals surface area contributed by atoms with E-state index in [0.717, 1.165) is 25.7 Å². The van der Waals surface area contributed by atoms with Crippen LogP contribution in [0.1, 0.15) is 25.7 Å². The van der Waals surface area contributed by atoms with Crippen molar-refractivity contribution in [2.75, 3.05) is 0 Å². The van der Waals surface area contributed by atoms with E-state index in [9.17, 15) is 0 Å². The molecule has 0 atom stereocenters. The molecule has 1 fully saturated rings. The van der Waals surface area contributed by atoms with Crippen LogP contribution in [-0.4, -0.2) is 42.4 Å². The average Bonchev–Trinajstić information content (AvgIpc) is 2.96. The summed E-state index contributed by atoms with van der Waals surface area (Å²) in [5.41, 5.74) is -4.13. The van der Waals surface area contributed by atoms with Gasteiger partial charge in [0, 0.05) is 0 Å². The van der Waals surface area contributed by atoms with Gasteiger partial charge in [-0.2, -0.15) is 0 Å². The maximum absolute atomic E-state index is 7.00. The molecule has 0 radical (unpaired) electrons. The number of hydrogen-bond acceptors (Lipinski definition) is 2. The molecule has 0 aliphatic heterocycles. The van der Waals surface area contributed by atoms with Gasteiger partial charge in [0.25, 0.3) is 0 Å². The molecular weight excluding hydrogens is 612 g/mol. The topological polar surface area (TPSA) is 18.5 Å². The first-order valence-electron chi connectivity index (χ1n) is 12.4. The van der Waals surface area contributed by atoms with Crippen LogP contribution in [0.15, 0.2) is 121 Å². The predicted octanol–water partition coefficient (Wildman–Crippen LogP) is 5.67. The Balaban J connectivity index is 1.33. The van der Waals surface area contributed by atoms with Crippen molar-refractivity contribution >= 4 is 62.9 Å². The molecule has 2 nitrogen and oxygen atoms in total. The molecule has 184 valence electrons. The van der Waals surface area contributed by atoms with Crippen LogP contribution in [0.3, 0.4) is 0 Å². The van der Waals surface area contributed by atoms with Crippen LogP contribution < -0.4 is 21.2 Å². The molecule has 0 bridgehead atoms. The quantitative estimate of drug-likeness (QED) is 0.183. The maximum atomic E-state index is 7.00. The van der Waals surface area contributed by atoms with Gasteiger partial charge in [0.1, 0.15) is 0 Å². The second-order valence-electron chi connectivity index (χ2n) is 9.05. The molecule has 4 aromatic carbocycles. The van der Waals surface area contributed by atoms with Crippen molar-refractivity contribution in [2.24, 2.45) is 0 Å². The second-order valence-corrected chi connectivity index (χ2v) is 20.2. The Bertz CT molecular complexity index is 1150. The van der Waals surface area contributed by atoms with Crippen LogP contribution in [0.25, 0.3) is 0 Å². The van der Waals surface area contributed by atoms with Crippen LogP contribution in [0.2, 0.25) is 0 Å². The van der Waals surface area contributed by atoms with Crippen molar-refractivity contribution in [1.29, 1.82) is 0 Å². The molecule has 0 heterocycles. The zero-order valence-corrected chi connectivity index (χ0v) is 25.3. The summed E-state index contributed by atoms with van der Waals surface area (Å²) in [5.74, 6) is 0. The molecular formula is C30H30O2P2Se2. The molecule has 1 saturated carbocycles. The van der Waals surface area contributed by atoms with E-state index in [1.54, 1.807) is 0 Å². The zero-order valence-electron chi connectivity index (χ0n) is 20.1. The number of rotatable bonds is 8. The van der Waals surface area contributed by atoms with Gasteiger partial charge in [-0.1, -0.05) is 0 Å². The van der Waals surface area contributed by atoms with Crippen molar-refractivity contribution in [2.45, 2.75) is 37.9 Å². The van der Waals surface area contributed by atoms with Gasteiger partial charge in [0.05, 0.1) is 0 Å². The Morgan fingerprint density at radius 3 is 0.861 bits per heavy atom. The summed E-state index contributed by atoms with van der Waals surface area (Å²) in [6, 6.07) is 42.6. The summed E-state index contributed by atoms with van der Waals surface area (Å²) in [6.07, 6.45) is 4.41. The first-order valence-corrected chi connectivity index (χ1v) is 20.2. The third-order valence-electron chi connectivity index (χ3n) is 6.60. The number of hydrogen-bond donors (Lipinski definition) is 0. The Morgan fingerprint density at radius 1 is 0.417 bits per heavy atom. The van der Waals surface area contributed by atoms with Gasteiger partial charge in [-0.25, -0.2) is 0 Å². The third kappa shape index (κ3) is 5.89. The molecule has 0 saturated heterocycles. The van der Waals surface area contributed by atoms with Gasteiger partial charge in [0.2, 0.25) is 0 Å². The van der Waals surface area contributed by atoms with Gasteiger partial charge in [-0.15, -0.1) is 0 Å². The van der Waals surface area contributed by atoms with E-state index in [0.29, 0.717) is 0 Å². The minimum absolute atomic E-state index is 0.210. The summed E-state index contributed by atoms with van der Waals surface area (Å²) >= 11 is 7.04. The summed E-state index contributed by atoms with van der Waals surface area (Å²) < 4.78 is 14.0. The van der Waals surface area contributed by atoms with Crippen molar-refractivity contribution in [3.05, 3.63) is 121 Å². The van der Waals surface area contributed by atoms with Gasteiger partial charge in [0.15, 0.2) is 0 Å². The summed E-state index contributed by atoms with van der Waals surface area (Å²) in [5, 5.41) is 4.98. The van der Waals surface area contributed by atoms with Crippen molar-refractivity contribution < 1.29 is 9.05 Å². The van der Waals surface area contributed by atoms with Crippen LogP contribution in [-0.2, 0) is 9.05 Å². The summed E-state index contributed by atoms with van der Waals surface area (Å²) in [4.78, 5) is 0. The molecule has 36 heavy (non-hydrogen) atoms.